The molecule has 3 rings (SSSR count). The normalized spacial score (nSPS) is 23.0. The van der Waals surface area contributed by atoms with Gasteiger partial charge in [-0.1, -0.05) is 31.2 Å². The highest BCUT2D eigenvalue weighted by atomic mass is 16.5. The van der Waals surface area contributed by atoms with Gasteiger partial charge in [-0.15, -0.1) is 0 Å². The van der Waals surface area contributed by atoms with Gasteiger partial charge in [0.2, 0.25) is 0 Å². The molecule has 2 aliphatic rings. The number of esters is 1. The fourth-order valence-corrected chi connectivity index (χ4v) is 3.10. The van der Waals surface area contributed by atoms with E-state index in [9.17, 15) is 14.4 Å². The molecule has 0 fully saturated rings. The third-order valence-corrected chi connectivity index (χ3v) is 4.07. The largest absolute Gasteiger partial charge is 0.465 e. The molecule has 0 aromatic heterocycles. The maximum atomic E-state index is 12.4. The standard InChI is InChI=1S/C17H17NO4/c1-2-9-22-17(21)13-10-11-5-3-4-6-12(11)16(13)18-14(19)7-8-15(18)20/h3-8,13,16H,2,9-10H2,1H3/t13-,16+/m0/s1. The molecule has 1 aromatic rings. The first-order valence-electron chi connectivity index (χ1n) is 7.43. The van der Waals surface area contributed by atoms with E-state index in [1.807, 2.05) is 31.2 Å². The highest BCUT2D eigenvalue weighted by Gasteiger charge is 2.45. The zero-order valence-corrected chi connectivity index (χ0v) is 12.3. The zero-order chi connectivity index (χ0) is 15.7. The van der Waals surface area contributed by atoms with Crippen LogP contribution in [0.2, 0.25) is 0 Å². The van der Waals surface area contributed by atoms with E-state index in [-0.39, 0.29) is 17.8 Å². The average molecular weight is 299 g/mol. The predicted octanol–water partition coefficient (Wildman–Crippen LogP) is 1.78. The molecule has 1 aliphatic carbocycles. The number of fused-ring (bicyclic) bond motifs is 1. The van der Waals surface area contributed by atoms with Crippen LogP contribution in [0.25, 0.3) is 0 Å². The van der Waals surface area contributed by atoms with E-state index in [4.69, 9.17) is 4.74 Å². The number of hydrogen-bond acceptors (Lipinski definition) is 4. The molecule has 1 heterocycles. The van der Waals surface area contributed by atoms with Gasteiger partial charge >= 0.3 is 5.97 Å². The van der Waals surface area contributed by atoms with Gasteiger partial charge in [0.15, 0.2) is 0 Å². The van der Waals surface area contributed by atoms with E-state index >= 15 is 0 Å². The Hall–Kier alpha value is -2.43. The highest BCUT2D eigenvalue weighted by Crippen LogP contribution is 2.42. The average Bonchev–Trinajstić information content (AvgIpc) is 3.05. The molecule has 0 saturated carbocycles. The summed E-state index contributed by atoms with van der Waals surface area (Å²) in [4.78, 5) is 37.6. The van der Waals surface area contributed by atoms with Gasteiger partial charge in [-0.25, -0.2) is 0 Å². The molecule has 0 bridgehead atoms. The maximum absolute atomic E-state index is 12.4. The number of carbonyl (C=O) groups excluding carboxylic acids is 3. The molecule has 2 amide bonds. The van der Waals surface area contributed by atoms with Crippen LogP contribution in [-0.2, 0) is 25.5 Å². The monoisotopic (exact) mass is 299 g/mol. The Labute approximate surface area is 128 Å². The number of ether oxygens (including phenoxy) is 1. The Morgan fingerprint density at radius 3 is 2.59 bits per heavy atom. The van der Waals surface area contributed by atoms with E-state index in [1.54, 1.807) is 0 Å². The van der Waals surface area contributed by atoms with Crippen LogP contribution in [0.15, 0.2) is 36.4 Å². The fourth-order valence-electron chi connectivity index (χ4n) is 3.10. The molecule has 0 saturated heterocycles. The Kier molecular flexibility index (Phi) is 3.79. The lowest BCUT2D eigenvalue weighted by Crippen LogP contribution is -2.39. The Bertz CT molecular complexity index is 646. The quantitative estimate of drug-likeness (QED) is 0.628. The van der Waals surface area contributed by atoms with E-state index in [0.29, 0.717) is 13.0 Å². The lowest BCUT2D eigenvalue weighted by atomic mass is 9.99. The number of carbonyl (C=O) groups is 3. The van der Waals surface area contributed by atoms with E-state index in [0.717, 1.165) is 17.5 Å². The summed E-state index contributed by atoms with van der Waals surface area (Å²) in [6, 6.07) is 6.96. The van der Waals surface area contributed by atoms with Crippen molar-refractivity contribution in [2.45, 2.75) is 25.8 Å². The fraction of sp³-hybridized carbons (Fsp3) is 0.353. The topological polar surface area (TPSA) is 63.7 Å². The molecule has 1 aromatic carbocycles. The van der Waals surface area contributed by atoms with Crippen molar-refractivity contribution in [3.05, 3.63) is 47.5 Å². The van der Waals surface area contributed by atoms with Crippen molar-refractivity contribution in [1.82, 2.24) is 4.90 Å². The second kappa shape index (κ2) is 5.75. The van der Waals surface area contributed by atoms with E-state index in [2.05, 4.69) is 0 Å². The second-order valence-corrected chi connectivity index (χ2v) is 5.50. The zero-order valence-electron chi connectivity index (χ0n) is 12.3. The Balaban J connectivity index is 1.95. The minimum absolute atomic E-state index is 0.346. The minimum atomic E-state index is -0.574. The van der Waals surface area contributed by atoms with Gasteiger partial charge in [-0.3, -0.25) is 19.3 Å². The number of hydrogen-bond donors (Lipinski definition) is 0. The molecule has 0 N–H and O–H groups in total. The number of rotatable bonds is 4. The van der Waals surface area contributed by atoms with Crippen molar-refractivity contribution >= 4 is 17.8 Å². The van der Waals surface area contributed by atoms with Crippen LogP contribution in [0.3, 0.4) is 0 Å². The molecule has 0 spiro atoms. The molecular weight excluding hydrogens is 282 g/mol. The molecular formula is C17H17NO4. The van der Waals surface area contributed by atoms with Gasteiger partial charge in [-0.2, -0.15) is 0 Å². The Morgan fingerprint density at radius 1 is 1.23 bits per heavy atom. The van der Waals surface area contributed by atoms with Crippen molar-refractivity contribution in [3.63, 3.8) is 0 Å². The molecule has 1 aliphatic heterocycles. The first kappa shape index (κ1) is 14.5. The van der Waals surface area contributed by atoms with Crippen LogP contribution in [0.4, 0.5) is 0 Å². The first-order valence-corrected chi connectivity index (χ1v) is 7.43. The van der Waals surface area contributed by atoms with Crippen molar-refractivity contribution < 1.29 is 19.1 Å². The summed E-state index contributed by atoms with van der Waals surface area (Å²) in [6.07, 6.45) is 3.72. The van der Waals surface area contributed by atoms with Gasteiger partial charge in [-0.05, 0) is 24.0 Å². The summed E-state index contributed by atoms with van der Waals surface area (Å²) < 4.78 is 5.26. The first-order chi connectivity index (χ1) is 10.6. The summed E-state index contributed by atoms with van der Waals surface area (Å²) in [6.45, 7) is 2.27. The predicted molar refractivity (Wildman–Crippen MR) is 78.6 cm³/mol. The van der Waals surface area contributed by atoms with Crippen LogP contribution < -0.4 is 0 Å². The number of amides is 2. The van der Waals surface area contributed by atoms with Crippen LogP contribution >= 0.6 is 0 Å². The van der Waals surface area contributed by atoms with Crippen molar-refractivity contribution in [2.75, 3.05) is 6.61 Å². The lowest BCUT2D eigenvalue weighted by Gasteiger charge is -2.27. The van der Waals surface area contributed by atoms with Gasteiger partial charge in [0.05, 0.1) is 18.6 Å². The third kappa shape index (κ3) is 2.32. The molecule has 0 unspecified atom stereocenters. The van der Waals surface area contributed by atoms with Crippen molar-refractivity contribution in [2.24, 2.45) is 5.92 Å². The highest BCUT2D eigenvalue weighted by molar-refractivity contribution is 6.13. The summed E-state index contributed by atoms with van der Waals surface area (Å²) in [5.41, 5.74) is 1.84. The number of benzene rings is 1. The minimum Gasteiger partial charge on any atom is -0.465 e. The van der Waals surface area contributed by atoms with Crippen LogP contribution in [0.5, 0.6) is 0 Å². The van der Waals surface area contributed by atoms with Gasteiger partial charge < -0.3 is 4.74 Å². The summed E-state index contributed by atoms with van der Waals surface area (Å²) in [5.74, 6) is -1.63. The van der Waals surface area contributed by atoms with Crippen LogP contribution in [-0.4, -0.2) is 29.3 Å². The summed E-state index contributed by atoms with van der Waals surface area (Å²) in [7, 11) is 0. The molecule has 0 radical (unpaired) electrons. The molecule has 114 valence electrons. The second-order valence-electron chi connectivity index (χ2n) is 5.50. The molecule has 2 atom stereocenters. The summed E-state index contributed by atoms with van der Waals surface area (Å²) >= 11 is 0. The number of imide groups is 1. The van der Waals surface area contributed by atoms with Crippen molar-refractivity contribution in [1.29, 1.82) is 0 Å². The van der Waals surface area contributed by atoms with Crippen LogP contribution in [0, 0.1) is 5.92 Å². The molecule has 5 heteroatoms. The molecule has 22 heavy (non-hydrogen) atoms. The van der Waals surface area contributed by atoms with Gasteiger partial charge in [0.1, 0.15) is 0 Å². The van der Waals surface area contributed by atoms with Gasteiger partial charge in [0, 0.05) is 12.2 Å². The smallest absolute Gasteiger partial charge is 0.311 e. The van der Waals surface area contributed by atoms with Crippen LogP contribution in [0.1, 0.15) is 30.5 Å². The lowest BCUT2D eigenvalue weighted by molar-refractivity contribution is -0.153. The third-order valence-electron chi connectivity index (χ3n) is 4.07. The Morgan fingerprint density at radius 2 is 1.91 bits per heavy atom. The van der Waals surface area contributed by atoms with Crippen molar-refractivity contribution in [3.8, 4) is 0 Å². The maximum Gasteiger partial charge on any atom is 0.311 e. The van der Waals surface area contributed by atoms with Gasteiger partial charge in [0.25, 0.3) is 11.8 Å². The molecule has 5 nitrogen and oxygen atoms in total. The number of nitrogens with zero attached hydrogens (tertiary/aromatic N) is 1. The SMILES string of the molecule is CCCOC(=O)[C@H]1Cc2ccccc2[C@H]1N1C(=O)C=CC1=O. The van der Waals surface area contributed by atoms with E-state index in [1.165, 1.54) is 17.1 Å². The van der Waals surface area contributed by atoms with E-state index < -0.39 is 12.0 Å². The summed E-state index contributed by atoms with van der Waals surface area (Å²) in [5, 5.41) is 0.